The average molecular weight is 438 g/mol. The zero-order chi connectivity index (χ0) is 16.9. The van der Waals surface area contributed by atoms with Crippen molar-refractivity contribution in [3.63, 3.8) is 0 Å². The van der Waals surface area contributed by atoms with Gasteiger partial charge in [0.2, 0.25) is 3.79 Å². The topological polar surface area (TPSA) is 54.0 Å². The minimum Gasteiger partial charge on any atom is -0.333 e. The Morgan fingerprint density at radius 2 is 1.91 bits per heavy atom. The van der Waals surface area contributed by atoms with Crippen molar-refractivity contribution in [2.45, 2.75) is 16.5 Å². The maximum atomic E-state index is 12.3. The van der Waals surface area contributed by atoms with Gasteiger partial charge in [0.25, 0.3) is 5.91 Å². The molecule has 0 aliphatic heterocycles. The molecule has 0 bridgehead atoms. The number of rotatable bonds is 5. The van der Waals surface area contributed by atoms with Crippen LogP contribution in [0.1, 0.15) is 15.9 Å². The van der Waals surface area contributed by atoms with Crippen LogP contribution in [-0.2, 0) is 6.54 Å². The molecule has 0 saturated heterocycles. The first-order chi connectivity index (χ1) is 10.9. The van der Waals surface area contributed by atoms with Gasteiger partial charge >= 0.3 is 0 Å². The van der Waals surface area contributed by atoms with Crippen molar-refractivity contribution in [1.29, 1.82) is 0 Å². The highest BCUT2D eigenvalue weighted by molar-refractivity contribution is 9.10. The van der Waals surface area contributed by atoms with Crippen molar-refractivity contribution in [2.24, 2.45) is 0 Å². The van der Waals surface area contributed by atoms with E-state index in [1.54, 1.807) is 36.7 Å². The molecular formula is C15H13BrCl3N3O. The number of hydrogen-bond acceptors (Lipinski definition) is 3. The second-order valence-electron chi connectivity index (χ2n) is 4.70. The summed E-state index contributed by atoms with van der Waals surface area (Å²) in [6, 6.07) is 10.6. The second kappa shape index (κ2) is 8.31. The molecule has 4 nitrogen and oxygen atoms in total. The summed E-state index contributed by atoms with van der Waals surface area (Å²) in [5, 5.41) is 5.69. The van der Waals surface area contributed by atoms with E-state index in [0.29, 0.717) is 12.1 Å². The molecule has 0 fully saturated rings. The van der Waals surface area contributed by atoms with Gasteiger partial charge in [0.1, 0.15) is 6.17 Å². The molecule has 2 aromatic rings. The van der Waals surface area contributed by atoms with Crippen LogP contribution < -0.4 is 10.6 Å². The zero-order valence-electron chi connectivity index (χ0n) is 11.8. The normalized spacial score (nSPS) is 12.7. The first-order valence-corrected chi connectivity index (χ1v) is 8.54. The quantitative estimate of drug-likeness (QED) is 0.548. The van der Waals surface area contributed by atoms with Crippen LogP contribution in [0.3, 0.4) is 0 Å². The lowest BCUT2D eigenvalue weighted by atomic mass is 10.2. The van der Waals surface area contributed by atoms with Crippen molar-refractivity contribution >= 4 is 56.6 Å². The van der Waals surface area contributed by atoms with Gasteiger partial charge in [-0.1, -0.05) is 56.8 Å². The minimum atomic E-state index is -1.70. The highest BCUT2D eigenvalue weighted by Gasteiger charge is 2.33. The molecule has 2 N–H and O–H groups in total. The number of nitrogens with zero attached hydrogens (tertiary/aromatic N) is 1. The molecule has 0 spiro atoms. The Labute approximate surface area is 157 Å². The van der Waals surface area contributed by atoms with Crippen LogP contribution in [0.25, 0.3) is 0 Å². The largest absolute Gasteiger partial charge is 0.333 e. The van der Waals surface area contributed by atoms with Gasteiger partial charge in [-0.15, -0.1) is 0 Å². The Bertz CT molecular complexity index is 647. The monoisotopic (exact) mass is 435 g/mol. The summed E-state index contributed by atoms with van der Waals surface area (Å²) >= 11 is 21.2. The van der Waals surface area contributed by atoms with Gasteiger partial charge in [0.15, 0.2) is 0 Å². The molecule has 1 heterocycles. The minimum absolute atomic E-state index is 0.340. The Morgan fingerprint density at radius 1 is 1.22 bits per heavy atom. The molecule has 1 aromatic carbocycles. The van der Waals surface area contributed by atoms with Crippen LogP contribution >= 0.6 is 50.7 Å². The SMILES string of the molecule is O=C(N[C@@H](NCc1cccnc1)C(Cl)(Cl)Cl)c1ccc(Br)cc1. The van der Waals surface area contributed by atoms with Crippen LogP contribution in [0.4, 0.5) is 0 Å². The third-order valence-corrected chi connectivity index (χ3v) is 4.13. The summed E-state index contributed by atoms with van der Waals surface area (Å²) < 4.78 is -0.825. The molecular weight excluding hydrogens is 424 g/mol. The fourth-order valence-electron chi connectivity index (χ4n) is 1.79. The number of halogens is 4. The van der Waals surface area contributed by atoms with E-state index in [0.717, 1.165) is 10.0 Å². The summed E-state index contributed by atoms with van der Waals surface area (Å²) in [5.41, 5.74) is 1.38. The van der Waals surface area contributed by atoms with Gasteiger partial charge in [0, 0.05) is 29.0 Å². The summed E-state index contributed by atoms with van der Waals surface area (Å²) in [7, 11) is 0. The van der Waals surface area contributed by atoms with E-state index >= 15 is 0 Å². The first-order valence-electron chi connectivity index (χ1n) is 6.61. The fraction of sp³-hybridized carbons (Fsp3) is 0.200. The first kappa shape index (κ1) is 18.5. The number of carbonyl (C=O) groups excluding carboxylic acids is 1. The molecule has 1 atom stereocenters. The molecule has 122 valence electrons. The number of amides is 1. The van der Waals surface area contributed by atoms with E-state index in [4.69, 9.17) is 34.8 Å². The smallest absolute Gasteiger partial charge is 0.252 e. The summed E-state index contributed by atoms with van der Waals surface area (Å²) in [5.74, 6) is -0.340. The zero-order valence-corrected chi connectivity index (χ0v) is 15.6. The van der Waals surface area contributed by atoms with Crippen LogP contribution in [0.5, 0.6) is 0 Å². The predicted octanol–water partition coefficient (Wildman–Crippen LogP) is 4.06. The summed E-state index contributed by atoms with van der Waals surface area (Å²) in [6.07, 6.45) is 2.51. The van der Waals surface area contributed by atoms with E-state index < -0.39 is 9.96 Å². The molecule has 0 unspecified atom stereocenters. The number of pyridine rings is 1. The van der Waals surface area contributed by atoms with Gasteiger partial charge in [0.05, 0.1) is 0 Å². The third-order valence-electron chi connectivity index (χ3n) is 2.94. The maximum Gasteiger partial charge on any atom is 0.252 e. The number of hydrogen-bond donors (Lipinski definition) is 2. The molecule has 2 rings (SSSR count). The van der Waals surface area contributed by atoms with Crippen LogP contribution in [0.15, 0.2) is 53.3 Å². The van der Waals surface area contributed by atoms with Crippen molar-refractivity contribution in [3.05, 3.63) is 64.4 Å². The van der Waals surface area contributed by atoms with Gasteiger partial charge in [-0.05, 0) is 35.9 Å². The molecule has 23 heavy (non-hydrogen) atoms. The Hall–Kier alpha value is -0.850. The third kappa shape index (κ3) is 5.94. The number of carbonyl (C=O) groups is 1. The number of alkyl halides is 3. The van der Waals surface area contributed by atoms with Crippen molar-refractivity contribution in [3.8, 4) is 0 Å². The van der Waals surface area contributed by atoms with Crippen molar-refractivity contribution < 1.29 is 4.79 Å². The summed E-state index contributed by atoms with van der Waals surface area (Å²) in [4.78, 5) is 16.3. The van der Waals surface area contributed by atoms with E-state index in [1.165, 1.54) is 0 Å². The highest BCUT2D eigenvalue weighted by Crippen LogP contribution is 2.29. The number of benzene rings is 1. The van der Waals surface area contributed by atoms with Gasteiger partial charge in [-0.2, -0.15) is 0 Å². The van der Waals surface area contributed by atoms with Crippen LogP contribution in [-0.4, -0.2) is 20.8 Å². The lowest BCUT2D eigenvalue weighted by molar-refractivity contribution is 0.0929. The Kier molecular flexibility index (Phi) is 6.68. The number of nitrogens with one attached hydrogen (secondary N) is 2. The van der Waals surface area contributed by atoms with E-state index in [-0.39, 0.29) is 5.91 Å². The highest BCUT2D eigenvalue weighted by atomic mass is 79.9. The molecule has 8 heteroatoms. The van der Waals surface area contributed by atoms with Crippen molar-refractivity contribution in [1.82, 2.24) is 15.6 Å². The van der Waals surface area contributed by atoms with Gasteiger partial charge in [-0.3, -0.25) is 15.1 Å². The van der Waals surface area contributed by atoms with E-state index in [9.17, 15) is 4.79 Å². The lowest BCUT2D eigenvalue weighted by Crippen LogP contribution is -2.53. The van der Waals surface area contributed by atoms with Crippen LogP contribution in [0.2, 0.25) is 0 Å². The fourth-order valence-corrected chi connectivity index (χ4v) is 2.45. The van der Waals surface area contributed by atoms with Crippen LogP contribution in [0, 0.1) is 0 Å². The molecule has 0 aliphatic carbocycles. The maximum absolute atomic E-state index is 12.3. The molecule has 1 amide bonds. The van der Waals surface area contributed by atoms with Gasteiger partial charge < -0.3 is 5.32 Å². The predicted molar refractivity (Wildman–Crippen MR) is 96.8 cm³/mol. The summed E-state index contributed by atoms with van der Waals surface area (Å²) in [6.45, 7) is 0.396. The lowest BCUT2D eigenvalue weighted by Gasteiger charge is -2.26. The van der Waals surface area contributed by atoms with Crippen molar-refractivity contribution in [2.75, 3.05) is 0 Å². The van der Waals surface area contributed by atoms with Gasteiger partial charge in [-0.25, -0.2) is 0 Å². The Morgan fingerprint density at radius 3 is 2.48 bits per heavy atom. The molecule has 1 aromatic heterocycles. The molecule has 0 aliphatic rings. The Balaban J connectivity index is 2.04. The van der Waals surface area contributed by atoms with E-state index in [1.807, 2.05) is 12.1 Å². The second-order valence-corrected chi connectivity index (χ2v) is 7.98. The average Bonchev–Trinajstić information content (AvgIpc) is 2.51. The standard InChI is InChI=1S/C15H13BrCl3N3O/c16-12-5-3-11(4-6-12)13(23)22-14(15(17,18)19)21-9-10-2-1-7-20-8-10/h1-8,14,21H,9H2,(H,22,23)/t14-/m1/s1. The van der Waals surface area contributed by atoms with E-state index in [2.05, 4.69) is 31.5 Å². The molecule has 0 saturated carbocycles. The molecule has 0 radical (unpaired) electrons. The number of aromatic nitrogens is 1.